The van der Waals surface area contributed by atoms with E-state index in [4.69, 9.17) is 9.66 Å². The molecular formula is C5H7NO6S. The Morgan fingerprint density at radius 3 is 2.38 bits per heavy atom. The molecule has 8 heteroatoms. The molecule has 1 fully saturated rings. The molecule has 0 radical (unpaired) electrons. The summed E-state index contributed by atoms with van der Waals surface area (Å²) < 4.78 is 29.8. The zero-order valence-electron chi connectivity index (χ0n) is 6.30. The van der Waals surface area contributed by atoms with Gasteiger partial charge in [0.2, 0.25) is 5.91 Å². The van der Waals surface area contributed by atoms with E-state index in [1.807, 2.05) is 5.32 Å². The van der Waals surface area contributed by atoms with Gasteiger partial charge in [-0.15, -0.1) is 0 Å². The molecule has 74 valence electrons. The summed E-state index contributed by atoms with van der Waals surface area (Å²) in [6.45, 7) is 0. The number of rotatable bonds is 2. The SMILES string of the molecule is O=C1CC(S(=O)(=O)O)C(C(=O)O)N1. The van der Waals surface area contributed by atoms with Crippen LogP contribution in [0.5, 0.6) is 0 Å². The van der Waals surface area contributed by atoms with Crippen LogP contribution in [0.25, 0.3) is 0 Å². The summed E-state index contributed by atoms with van der Waals surface area (Å²) >= 11 is 0. The van der Waals surface area contributed by atoms with Crippen molar-refractivity contribution in [3.8, 4) is 0 Å². The quantitative estimate of drug-likeness (QED) is 0.462. The van der Waals surface area contributed by atoms with E-state index in [1.54, 1.807) is 0 Å². The Labute approximate surface area is 73.5 Å². The Hall–Kier alpha value is -1.15. The number of carbonyl (C=O) groups excluding carboxylic acids is 1. The monoisotopic (exact) mass is 209 g/mol. The molecule has 3 N–H and O–H groups in total. The molecule has 2 unspecified atom stereocenters. The predicted molar refractivity (Wildman–Crippen MR) is 39.5 cm³/mol. The average Bonchev–Trinajstić information content (AvgIpc) is 2.29. The molecule has 0 aromatic rings. The molecule has 0 spiro atoms. The van der Waals surface area contributed by atoms with Crippen molar-refractivity contribution in [3.05, 3.63) is 0 Å². The Morgan fingerprint density at radius 2 is 2.08 bits per heavy atom. The highest BCUT2D eigenvalue weighted by atomic mass is 32.2. The zero-order valence-corrected chi connectivity index (χ0v) is 7.11. The zero-order chi connectivity index (χ0) is 10.2. The van der Waals surface area contributed by atoms with Gasteiger partial charge in [-0.1, -0.05) is 0 Å². The van der Waals surface area contributed by atoms with Gasteiger partial charge in [0.25, 0.3) is 10.1 Å². The van der Waals surface area contributed by atoms with E-state index >= 15 is 0 Å². The average molecular weight is 209 g/mol. The van der Waals surface area contributed by atoms with E-state index < -0.39 is 39.7 Å². The number of carbonyl (C=O) groups is 2. The molecule has 1 aliphatic heterocycles. The molecule has 1 saturated heterocycles. The van der Waals surface area contributed by atoms with Gasteiger partial charge in [0.15, 0.2) is 0 Å². The maximum Gasteiger partial charge on any atom is 0.327 e. The fraction of sp³-hybridized carbons (Fsp3) is 0.600. The number of hydrogen-bond acceptors (Lipinski definition) is 4. The van der Waals surface area contributed by atoms with Crippen molar-refractivity contribution in [1.82, 2.24) is 5.32 Å². The Morgan fingerprint density at radius 1 is 1.54 bits per heavy atom. The number of hydrogen-bond donors (Lipinski definition) is 3. The largest absolute Gasteiger partial charge is 0.480 e. The van der Waals surface area contributed by atoms with Gasteiger partial charge in [-0.3, -0.25) is 9.35 Å². The van der Waals surface area contributed by atoms with Crippen LogP contribution in [0.1, 0.15) is 6.42 Å². The molecule has 0 aliphatic carbocycles. The lowest BCUT2D eigenvalue weighted by molar-refractivity contribution is -0.140. The molecule has 1 heterocycles. The maximum absolute atomic E-state index is 10.7. The molecule has 13 heavy (non-hydrogen) atoms. The van der Waals surface area contributed by atoms with E-state index in [1.165, 1.54) is 0 Å². The van der Waals surface area contributed by atoms with Crippen LogP contribution >= 0.6 is 0 Å². The number of carboxylic acids is 1. The lowest BCUT2D eigenvalue weighted by Gasteiger charge is -2.10. The second-order valence-corrected chi connectivity index (χ2v) is 4.28. The van der Waals surface area contributed by atoms with Crippen molar-refractivity contribution in [3.63, 3.8) is 0 Å². The smallest absolute Gasteiger partial charge is 0.327 e. The van der Waals surface area contributed by atoms with E-state index in [0.29, 0.717) is 0 Å². The maximum atomic E-state index is 10.7. The summed E-state index contributed by atoms with van der Waals surface area (Å²) in [5.41, 5.74) is 0. The van der Waals surface area contributed by atoms with Crippen LogP contribution in [0.15, 0.2) is 0 Å². The second kappa shape index (κ2) is 2.96. The summed E-state index contributed by atoms with van der Waals surface area (Å²) in [4.78, 5) is 21.1. The first-order chi connectivity index (χ1) is 5.82. The summed E-state index contributed by atoms with van der Waals surface area (Å²) in [6, 6.07) is -1.55. The first-order valence-electron chi connectivity index (χ1n) is 3.31. The van der Waals surface area contributed by atoms with Crippen molar-refractivity contribution in [2.24, 2.45) is 0 Å². The molecular weight excluding hydrogens is 202 g/mol. The van der Waals surface area contributed by atoms with Gasteiger partial charge in [0.05, 0.1) is 0 Å². The lowest BCUT2D eigenvalue weighted by atomic mass is 10.2. The lowest BCUT2D eigenvalue weighted by Crippen LogP contribution is -2.42. The number of carboxylic acid groups (broad SMARTS) is 1. The van der Waals surface area contributed by atoms with E-state index in [2.05, 4.69) is 0 Å². The summed E-state index contributed by atoms with van der Waals surface area (Å²) in [5.74, 6) is -2.18. The molecule has 7 nitrogen and oxygen atoms in total. The molecule has 1 rings (SSSR count). The summed E-state index contributed by atoms with van der Waals surface area (Å²) in [7, 11) is -4.49. The van der Waals surface area contributed by atoms with Gasteiger partial charge in [0, 0.05) is 6.42 Å². The van der Waals surface area contributed by atoms with Crippen molar-refractivity contribution < 1.29 is 27.7 Å². The molecule has 0 aromatic heterocycles. The Bertz CT molecular complexity index is 346. The van der Waals surface area contributed by atoms with Gasteiger partial charge in [-0.05, 0) is 0 Å². The third-order valence-electron chi connectivity index (χ3n) is 1.72. The van der Waals surface area contributed by atoms with Crippen LogP contribution in [-0.2, 0) is 19.7 Å². The summed E-state index contributed by atoms with van der Waals surface area (Å²) in [5, 5.41) is 8.82. The minimum Gasteiger partial charge on any atom is -0.480 e. The molecule has 1 aliphatic rings. The highest BCUT2D eigenvalue weighted by Gasteiger charge is 2.44. The Kier molecular flexibility index (Phi) is 2.26. The van der Waals surface area contributed by atoms with Crippen LogP contribution in [-0.4, -0.2) is 41.2 Å². The highest BCUT2D eigenvalue weighted by molar-refractivity contribution is 7.86. The molecule has 1 amide bonds. The highest BCUT2D eigenvalue weighted by Crippen LogP contribution is 2.16. The topological polar surface area (TPSA) is 121 Å². The van der Waals surface area contributed by atoms with Crippen molar-refractivity contribution in [2.45, 2.75) is 17.7 Å². The van der Waals surface area contributed by atoms with E-state index in [9.17, 15) is 18.0 Å². The minimum absolute atomic E-state index is 0.518. The minimum atomic E-state index is -4.49. The number of amides is 1. The third-order valence-corrected chi connectivity index (χ3v) is 2.93. The first-order valence-corrected chi connectivity index (χ1v) is 4.81. The number of aliphatic carboxylic acids is 1. The van der Waals surface area contributed by atoms with Crippen molar-refractivity contribution in [1.29, 1.82) is 0 Å². The second-order valence-electron chi connectivity index (χ2n) is 2.64. The van der Waals surface area contributed by atoms with Crippen LogP contribution in [0.4, 0.5) is 0 Å². The van der Waals surface area contributed by atoms with Crippen molar-refractivity contribution >= 4 is 22.0 Å². The van der Waals surface area contributed by atoms with Gasteiger partial charge in [0.1, 0.15) is 11.3 Å². The standard InChI is InChI=1S/C5H7NO6S/c7-3-1-2(13(10,11)12)4(6-3)5(8)9/h2,4H,1H2,(H,6,7)(H,8,9)(H,10,11,12). The van der Waals surface area contributed by atoms with Gasteiger partial charge < -0.3 is 10.4 Å². The fourth-order valence-electron chi connectivity index (χ4n) is 1.12. The Balaban J connectivity index is 2.97. The van der Waals surface area contributed by atoms with Crippen LogP contribution in [0.3, 0.4) is 0 Å². The van der Waals surface area contributed by atoms with Crippen LogP contribution in [0.2, 0.25) is 0 Å². The van der Waals surface area contributed by atoms with Crippen LogP contribution in [0, 0.1) is 0 Å². The van der Waals surface area contributed by atoms with Crippen LogP contribution < -0.4 is 5.32 Å². The van der Waals surface area contributed by atoms with E-state index in [-0.39, 0.29) is 0 Å². The van der Waals surface area contributed by atoms with Crippen molar-refractivity contribution in [2.75, 3.05) is 0 Å². The molecule has 0 bridgehead atoms. The fourth-order valence-corrected chi connectivity index (χ4v) is 2.01. The summed E-state index contributed by atoms with van der Waals surface area (Å²) in [6.07, 6.45) is -0.518. The van der Waals surface area contributed by atoms with Gasteiger partial charge in [-0.2, -0.15) is 8.42 Å². The molecule has 2 atom stereocenters. The van der Waals surface area contributed by atoms with Gasteiger partial charge in [-0.25, -0.2) is 4.79 Å². The van der Waals surface area contributed by atoms with Gasteiger partial charge >= 0.3 is 5.97 Å². The molecule has 0 aromatic carbocycles. The number of nitrogens with one attached hydrogen (secondary N) is 1. The normalized spacial score (nSPS) is 28.5. The van der Waals surface area contributed by atoms with E-state index in [0.717, 1.165) is 0 Å². The first kappa shape index (κ1) is 9.93. The molecule has 0 saturated carbocycles. The third kappa shape index (κ3) is 1.95. The predicted octanol–water partition coefficient (Wildman–Crippen LogP) is -1.78.